The Kier molecular flexibility index (Phi) is 4.68. The maximum Gasteiger partial charge on any atom is 0.255 e. The van der Waals surface area contributed by atoms with Crippen molar-refractivity contribution in [1.29, 1.82) is 0 Å². The van der Waals surface area contributed by atoms with Gasteiger partial charge in [-0.1, -0.05) is 23.2 Å². The smallest absolute Gasteiger partial charge is 0.255 e. The number of amides is 1. The average molecular weight is 278 g/mol. The molecule has 1 heterocycles. The Hall–Kier alpha value is -0.910. The first-order valence-corrected chi connectivity index (χ1v) is 5.73. The second kappa shape index (κ2) is 5.62. The quantitative estimate of drug-likeness (QED) is 0.878. The molecule has 1 rings (SSSR count). The third-order valence-electron chi connectivity index (χ3n) is 2.15. The summed E-state index contributed by atoms with van der Waals surface area (Å²) in [7, 11) is 0. The van der Waals surface area contributed by atoms with Crippen molar-refractivity contribution >= 4 is 29.1 Å². The average Bonchev–Trinajstić information content (AvgIpc) is 2.20. The summed E-state index contributed by atoms with van der Waals surface area (Å²) in [4.78, 5) is 11.9. The van der Waals surface area contributed by atoms with Crippen molar-refractivity contribution in [2.75, 3.05) is 6.61 Å². The summed E-state index contributed by atoms with van der Waals surface area (Å²) in [5.74, 6) is -0.398. The van der Waals surface area contributed by atoms with Gasteiger partial charge in [-0.25, -0.2) is 0 Å². The number of aliphatic hydroxyl groups excluding tert-OH is 1. The number of rotatable bonds is 4. The van der Waals surface area contributed by atoms with Crippen molar-refractivity contribution < 1.29 is 9.90 Å². The fourth-order valence-electron chi connectivity index (χ4n) is 1.23. The molecular weight excluding hydrogens is 265 g/mol. The molecule has 0 fully saturated rings. The molecule has 0 saturated heterocycles. The van der Waals surface area contributed by atoms with Crippen LogP contribution in [0, 0.1) is 0 Å². The maximum absolute atomic E-state index is 11.9. The van der Waals surface area contributed by atoms with Gasteiger partial charge < -0.3 is 10.4 Å². The van der Waals surface area contributed by atoms with E-state index in [-0.39, 0.29) is 22.5 Å². The molecule has 0 aliphatic heterocycles. The molecule has 1 aromatic heterocycles. The number of carbonyl (C=O) groups excluding carboxylic acids is 1. The van der Waals surface area contributed by atoms with Gasteiger partial charge in [-0.15, -0.1) is 10.2 Å². The van der Waals surface area contributed by atoms with Crippen molar-refractivity contribution in [2.45, 2.75) is 25.8 Å². The van der Waals surface area contributed by atoms with Crippen LogP contribution >= 0.6 is 23.2 Å². The van der Waals surface area contributed by atoms with Crippen LogP contribution in [0.4, 0.5) is 0 Å². The number of aliphatic hydroxyl groups is 1. The van der Waals surface area contributed by atoms with Gasteiger partial charge in [-0.05, 0) is 26.3 Å². The molecular formula is C10H13Cl2N3O2. The summed E-state index contributed by atoms with van der Waals surface area (Å²) in [6, 6.07) is 1.35. The highest BCUT2D eigenvalue weighted by Crippen LogP contribution is 2.17. The monoisotopic (exact) mass is 277 g/mol. The van der Waals surface area contributed by atoms with Crippen molar-refractivity contribution in [1.82, 2.24) is 15.5 Å². The number of nitrogens with zero attached hydrogens (tertiary/aromatic N) is 2. The van der Waals surface area contributed by atoms with Crippen LogP contribution in [0.1, 0.15) is 30.6 Å². The van der Waals surface area contributed by atoms with Crippen LogP contribution in [0.3, 0.4) is 0 Å². The lowest BCUT2D eigenvalue weighted by molar-refractivity contribution is 0.0899. The highest BCUT2D eigenvalue weighted by atomic mass is 35.5. The summed E-state index contributed by atoms with van der Waals surface area (Å²) in [6.45, 7) is 3.58. The largest absolute Gasteiger partial charge is 0.396 e. The molecule has 2 N–H and O–H groups in total. The number of hydrogen-bond donors (Lipinski definition) is 2. The highest BCUT2D eigenvalue weighted by molar-refractivity contribution is 6.34. The lowest BCUT2D eigenvalue weighted by Crippen LogP contribution is -2.44. The maximum atomic E-state index is 11.9. The van der Waals surface area contributed by atoms with Crippen LogP contribution < -0.4 is 5.32 Å². The first-order chi connectivity index (χ1) is 7.85. The number of nitrogens with one attached hydrogen (secondary N) is 1. The highest BCUT2D eigenvalue weighted by Gasteiger charge is 2.22. The van der Waals surface area contributed by atoms with Crippen LogP contribution in [-0.2, 0) is 0 Å². The molecule has 0 atom stereocenters. The predicted molar refractivity (Wildman–Crippen MR) is 65.3 cm³/mol. The molecule has 0 spiro atoms. The SMILES string of the molecule is CC(C)(CCO)NC(=O)c1cc(Cl)nnc1Cl. The van der Waals surface area contributed by atoms with Crippen molar-refractivity contribution in [3.05, 3.63) is 21.9 Å². The zero-order valence-corrected chi connectivity index (χ0v) is 11.0. The molecule has 0 radical (unpaired) electrons. The zero-order chi connectivity index (χ0) is 13.1. The van der Waals surface area contributed by atoms with Crippen molar-refractivity contribution in [3.8, 4) is 0 Å². The third-order valence-corrected chi connectivity index (χ3v) is 2.62. The second-order valence-electron chi connectivity index (χ2n) is 4.18. The second-order valence-corrected chi connectivity index (χ2v) is 4.93. The molecule has 0 aromatic carbocycles. The van der Waals surface area contributed by atoms with Gasteiger partial charge in [0.2, 0.25) is 0 Å². The molecule has 1 amide bonds. The fraction of sp³-hybridized carbons (Fsp3) is 0.500. The summed E-state index contributed by atoms with van der Waals surface area (Å²) in [5, 5.41) is 18.8. The summed E-state index contributed by atoms with van der Waals surface area (Å²) < 4.78 is 0. The summed E-state index contributed by atoms with van der Waals surface area (Å²) >= 11 is 11.4. The van der Waals surface area contributed by atoms with E-state index in [0.717, 1.165) is 0 Å². The first-order valence-electron chi connectivity index (χ1n) is 4.98. The Bertz CT molecular complexity index is 424. The zero-order valence-electron chi connectivity index (χ0n) is 9.50. The Morgan fingerprint density at radius 1 is 1.47 bits per heavy atom. The molecule has 5 nitrogen and oxygen atoms in total. The minimum absolute atomic E-state index is 0.00769. The van der Waals surface area contributed by atoms with E-state index in [2.05, 4.69) is 15.5 Å². The van der Waals surface area contributed by atoms with Gasteiger partial charge in [0.15, 0.2) is 10.3 Å². The topological polar surface area (TPSA) is 75.1 Å². The Morgan fingerprint density at radius 3 is 2.71 bits per heavy atom. The van der Waals surface area contributed by atoms with Gasteiger partial charge in [0.05, 0.1) is 5.56 Å². The third kappa shape index (κ3) is 4.11. The summed E-state index contributed by atoms with van der Waals surface area (Å²) in [6.07, 6.45) is 0.433. The van der Waals surface area contributed by atoms with E-state index >= 15 is 0 Å². The van der Waals surface area contributed by atoms with E-state index in [4.69, 9.17) is 28.3 Å². The van der Waals surface area contributed by atoms with Gasteiger partial charge >= 0.3 is 0 Å². The number of carbonyl (C=O) groups is 1. The van der Waals surface area contributed by atoms with E-state index < -0.39 is 11.4 Å². The molecule has 0 bridgehead atoms. The van der Waals surface area contributed by atoms with Gasteiger partial charge in [0.1, 0.15) is 0 Å². The minimum Gasteiger partial charge on any atom is -0.396 e. The van der Waals surface area contributed by atoms with Crippen molar-refractivity contribution in [2.24, 2.45) is 0 Å². The van der Waals surface area contributed by atoms with E-state index in [1.807, 2.05) is 0 Å². The molecule has 0 saturated carbocycles. The van der Waals surface area contributed by atoms with E-state index in [1.165, 1.54) is 6.07 Å². The standard InChI is InChI=1S/C10H13Cl2N3O2/c1-10(2,3-4-16)13-9(17)6-5-7(11)14-15-8(6)12/h5,16H,3-4H2,1-2H3,(H,13,17). The van der Waals surface area contributed by atoms with Crippen LogP contribution in [0.2, 0.25) is 10.3 Å². The minimum atomic E-state index is -0.537. The van der Waals surface area contributed by atoms with Gasteiger partial charge in [0, 0.05) is 12.1 Å². The molecule has 0 aliphatic carbocycles. The molecule has 0 aliphatic rings. The van der Waals surface area contributed by atoms with Crippen LogP contribution in [0.15, 0.2) is 6.07 Å². The molecule has 94 valence electrons. The lowest BCUT2D eigenvalue weighted by Gasteiger charge is -2.25. The molecule has 0 unspecified atom stereocenters. The fourth-order valence-corrected chi connectivity index (χ4v) is 1.55. The Morgan fingerprint density at radius 2 is 2.12 bits per heavy atom. The summed E-state index contributed by atoms with van der Waals surface area (Å²) in [5.41, 5.74) is -0.372. The first kappa shape index (κ1) is 14.2. The van der Waals surface area contributed by atoms with E-state index in [0.29, 0.717) is 6.42 Å². The Balaban J connectivity index is 2.86. The number of halogens is 2. The number of aromatic nitrogens is 2. The van der Waals surface area contributed by atoms with Gasteiger partial charge in [0.25, 0.3) is 5.91 Å². The van der Waals surface area contributed by atoms with Gasteiger partial charge in [-0.2, -0.15) is 0 Å². The van der Waals surface area contributed by atoms with Crippen LogP contribution in [0.25, 0.3) is 0 Å². The normalized spacial score (nSPS) is 11.4. The van der Waals surface area contributed by atoms with E-state index in [1.54, 1.807) is 13.8 Å². The molecule has 7 heteroatoms. The molecule has 1 aromatic rings. The van der Waals surface area contributed by atoms with E-state index in [9.17, 15) is 4.79 Å². The number of hydrogen-bond acceptors (Lipinski definition) is 4. The van der Waals surface area contributed by atoms with Crippen molar-refractivity contribution in [3.63, 3.8) is 0 Å². The van der Waals surface area contributed by atoms with Gasteiger partial charge in [-0.3, -0.25) is 4.79 Å². The predicted octanol–water partition coefficient (Wildman–Crippen LogP) is 1.67. The lowest BCUT2D eigenvalue weighted by atomic mass is 10.0. The van der Waals surface area contributed by atoms with Crippen LogP contribution in [0.5, 0.6) is 0 Å². The molecule has 17 heavy (non-hydrogen) atoms. The Labute approximate surface area is 109 Å². The van der Waals surface area contributed by atoms with Crippen LogP contribution in [-0.4, -0.2) is 33.4 Å².